The molecule has 4 heterocycles. The molecule has 1 N–H and O–H groups in total. The fraction of sp³-hybridized carbons (Fsp3) is 0.440. The van der Waals surface area contributed by atoms with Crippen molar-refractivity contribution in [3.63, 3.8) is 0 Å². The molecule has 8 nitrogen and oxygen atoms in total. The van der Waals surface area contributed by atoms with Gasteiger partial charge in [0.1, 0.15) is 17.0 Å². The zero-order valence-electron chi connectivity index (χ0n) is 20.5. The molecule has 5 rings (SSSR count). The van der Waals surface area contributed by atoms with E-state index in [2.05, 4.69) is 41.6 Å². The summed E-state index contributed by atoms with van der Waals surface area (Å²) in [6.07, 6.45) is 6.96. The van der Waals surface area contributed by atoms with Gasteiger partial charge in [-0.2, -0.15) is 0 Å². The Labute approximate surface area is 203 Å². The fourth-order valence-corrected chi connectivity index (χ4v) is 4.94. The van der Waals surface area contributed by atoms with Gasteiger partial charge in [-0.15, -0.1) is 0 Å². The lowest BCUT2D eigenvalue weighted by atomic mass is 10.1. The summed E-state index contributed by atoms with van der Waals surface area (Å²) in [7, 11) is 0. The number of nitrogens with zero attached hydrogens (tertiary/aromatic N) is 7. The third kappa shape index (κ3) is 4.50. The number of piperidine rings is 1. The molecule has 1 saturated heterocycles. The minimum atomic E-state index is -0.630. The van der Waals surface area contributed by atoms with Crippen molar-refractivity contribution >= 4 is 22.8 Å². The zero-order chi connectivity index (χ0) is 24.7. The predicted molar refractivity (Wildman–Crippen MR) is 132 cm³/mol. The van der Waals surface area contributed by atoms with Crippen LogP contribution >= 0.6 is 0 Å². The smallest absolute Gasteiger partial charge is 0.229 e. The van der Waals surface area contributed by atoms with E-state index in [1.165, 1.54) is 6.07 Å². The molecule has 1 fully saturated rings. The van der Waals surface area contributed by atoms with E-state index in [1.807, 2.05) is 31.5 Å². The maximum atomic E-state index is 14.9. The molecule has 0 aliphatic carbocycles. The van der Waals surface area contributed by atoms with Crippen molar-refractivity contribution in [1.29, 1.82) is 0 Å². The van der Waals surface area contributed by atoms with E-state index >= 15 is 0 Å². The summed E-state index contributed by atoms with van der Waals surface area (Å²) in [6.45, 7) is 11.2. The number of imidazole rings is 2. The molecule has 0 radical (unpaired) electrons. The molecule has 3 aromatic heterocycles. The highest BCUT2D eigenvalue weighted by Crippen LogP contribution is 2.30. The number of hydrogen-bond acceptors (Lipinski definition) is 6. The highest BCUT2D eigenvalue weighted by molar-refractivity contribution is 5.83. The quantitative estimate of drug-likeness (QED) is 0.406. The van der Waals surface area contributed by atoms with Gasteiger partial charge in [-0.05, 0) is 52.3 Å². The number of fused-ring (bicyclic) bond motifs is 1. The molecule has 35 heavy (non-hydrogen) atoms. The molecular formula is C25H30F2N8. The van der Waals surface area contributed by atoms with Gasteiger partial charge < -0.3 is 19.4 Å². The number of aryl methyl sites for hydroxylation is 1. The Bertz CT molecular complexity index is 1350. The van der Waals surface area contributed by atoms with Crippen molar-refractivity contribution in [3.05, 3.63) is 48.3 Å². The van der Waals surface area contributed by atoms with Crippen LogP contribution in [0.3, 0.4) is 0 Å². The summed E-state index contributed by atoms with van der Waals surface area (Å²) in [5, 5.41) is 3.06. The number of rotatable bonds is 6. The fourth-order valence-electron chi connectivity index (χ4n) is 4.94. The predicted octanol–water partition coefficient (Wildman–Crippen LogP) is 5.26. The summed E-state index contributed by atoms with van der Waals surface area (Å²) in [5.74, 6) is 0.333. The second-order valence-electron chi connectivity index (χ2n) is 9.34. The molecule has 0 bridgehead atoms. The van der Waals surface area contributed by atoms with Gasteiger partial charge in [0.2, 0.25) is 5.95 Å². The minimum absolute atomic E-state index is 0.0174. The van der Waals surface area contributed by atoms with Crippen LogP contribution in [0.25, 0.3) is 22.3 Å². The summed E-state index contributed by atoms with van der Waals surface area (Å²) in [4.78, 5) is 19.7. The Morgan fingerprint density at radius 1 is 1.09 bits per heavy atom. The Balaban J connectivity index is 1.42. The highest BCUT2D eigenvalue weighted by Gasteiger charge is 2.21. The van der Waals surface area contributed by atoms with Gasteiger partial charge in [-0.25, -0.2) is 28.7 Å². The van der Waals surface area contributed by atoms with E-state index in [1.54, 1.807) is 12.4 Å². The molecule has 0 amide bonds. The number of anilines is 2. The Hall–Kier alpha value is -3.40. The monoisotopic (exact) mass is 480 g/mol. The molecule has 1 aromatic carbocycles. The van der Waals surface area contributed by atoms with Gasteiger partial charge in [0.05, 0.1) is 18.0 Å². The third-order valence-corrected chi connectivity index (χ3v) is 6.73. The van der Waals surface area contributed by atoms with Crippen LogP contribution in [-0.4, -0.2) is 53.6 Å². The normalized spacial score (nSPS) is 15.4. The van der Waals surface area contributed by atoms with Crippen molar-refractivity contribution in [2.45, 2.75) is 52.6 Å². The van der Waals surface area contributed by atoms with E-state index < -0.39 is 11.6 Å². The molecule has 4 aromatic rings. The first-order chi connectivity index (χ1) is 16.8. The molecule has 0 atom stereocenters. The van der Waals surface area contributed by atoms with Crippen LogP contribution < -0.4 is 5.32 Å². The molecule has 184 valence electrons. The first kappa shape index (κ1) is 23.3. The van der Waals surface area contributed by atoms with Crippen molar-refractivity contribution in [1.82, 2.24) is 34.0 Å². The molecule has 0 saturated carbocycles. The molecule has 1 aliphatic rings. The van der Waals surface area contributed by atoms with Crippen molar-refractivity contribution in [2.24, 2.45) is 0 Å². The molecular weight excluding hydrogens is 450 g/mol. The van der Waals surface area contributed by atoms with Crippen LogP contribution in [0.15, 0.2) is 30.9 Å². The van der Waals surface area contributed by atoms with E-state index in [-0.39, 0.29) is 23.2 Å². The number of halogens is 2. The second-order valence-corrected chi connectivity index (χ2v) is 9.34. The molecule has 0 unspecified atom stereocenters. The highest BCUT2D eigenvalue weighted by atomic mass is 19.1. The number of aromatic nitrogens is 6. The van der Waals surface area contributed by atoms with Crippen molar-refractivity contribution in [3.8, 4) is 11.3 Å². The van der Waals surface area contributed by atoms with Gasteiger partial charge in [0, 0.05) is 36.9 Å². The average Bonchev–Trinajstić information content (AvgIpc) is 3.44. The number of hydrogen-bond donors (Lipinski definition) is 1. The van der Waals surface area contributed by atoms with Gasteiger partial charge >= 0.3 is 0 Å². The van der Waals surface area contributed by atoms with Crippen LogP contribution in [0.1, 0.15) is 51.5 Å². The van der Waals surface area contributed by atoms with Gasteiger partial charge in [0.25, 0.3) is 0 Å². The molecule has 1 aliphatic heterocycles. The van der Waals surface area contributed by atoms with E-state index in [0.717, 1.165) is 38.7 Å². The van der Waals surface area contributed by atoms with E-state index in [9.17, 15) is 8.78 Å². The van der Waals surface area contributed by atoms with Crippen molar-refractivity contribution < 1.29 is 8.78 Å². The summed E-state index contributed by atoms with van der Waals surface area (Å²) in [6, 6.07) is 3.47. The second kappa shape index (κ2) is 9.33. The lowest BCUT2D eigenvalue weighted by Gasteiger charge is -2.31. The van der Waals surface area contributed by atoms with Crippen LogP contribution in [0.4, 0.5) is 20.5 Å². The van der Waals surface area contributed by atoms with Gasteiger partial charge in [-0.3, -0.25) is 0 Å². The van der Waals surface area contributed by atoms with Crippen molar-refractivity contribution in [2.75, 3.05) is 25.0 Å². The lowest BCUT2D eigenvalue weighted by molar-refractivity contribution is 0.194. The topological polar surface area (TPSA) is 76.7 Å². The summed E-state index contributed by atoms with van der Waals surface area (Å²) >= 11 is 0. The standard InChI is InChI=1S/C25H30F2N8/c1-5-33-8-6-18(7-9-33)34-13-22(29-14-34)31-25-28-12-20(27)23(32-25)17-10-19(26)24-21(11-17)35(15(2)3)16(4)30-24/h10-15,18H,5-9H2,1-4H3,(H,28,31,32). The van der Waals surface area contributed by atoms with E-state index in [0.29, 0.717) is 28.8 Å². The summed E-state index contributed by atoms with van der Waals surface area (Å²) < 4.78 is 33.7. The van der Waals surface area contributed by atoms with Crippen LogP contribution in [0.2, 0.25) is 0 Å². The van der Waals surface area contributed by atoms with Gasteiger partial charge in [-0.1, -0.05) is 6.92 Å². The van der Waals surface area contributed by atoms with Crippen LogP contribution in [-0.2, 0) is 0 Å². The third-order valence-electron chi connectivity index (χ3n) is 6.73. The average molecular weight is 481 g/mol. The largest absolute Gasteiger partial charge is 0.332 e. The first-order valence-electron chi connectivity index (χ1n) is 12.1. The Kier molecular flexibility index (Phi) is 6.22. The zero-order valence-corrected chi connectivity index (χ0v) is 20.5. The van der Waals surface area contributed by atoms with Crippen LogP contribution in [0.5, 0.6) is 0 Å². The molecule has 10 heteroatoms. The van der Waals surface area contributed by atoms with Crippen LogP contribution in [0, 0.1) is 18.6 Å². The maximum absolute atomic E-state index is 14.9. The first-order valence-corrected chi connectivity index (χ1v) is 12.1. The Morgan fingerprint density at radius 2 is 1.86 bits per heavy atom. The molecule has 0 spiro atoms. The number of likely N-dealkylation sites (tertiary alicyclic amines) is 1. The lowest BCUT2D eigenvalue weighted by Crippen LogP contribution is -2.34. The minimum Gasteiger partial charge on any atom is -0.332 e. The maximum Gasteiger partial charge on any atom is 0.229 e. The number of nitrogens with one attached hydrogen (secondary N) is 1. The van der Waals surface area contributed by atoms with E-state index in [4.69, 9.17) is 0 Å². The summed E-state index contributed by atoms with van der Waals surface area (Å²) in [5.41, 5.74) is 1.22. The van der Waals surface area contributed by atoms with Gasteiger partial charge in [0.15, 0.2) is 17.5 Å². The number of benzene rings is 1. The Morgan fingerprint density at radius 3 is 2.57 bits per heavy atom. The SMILES string of the molecule is CCN1CCC(n2cnc(Nc3ncc(F)c(-c4cc(F)c5nc(C)n(C(C)C)c5c4)n3)c2)CC1.